The molecule has 1 N–H and O–H groups in total. The zero-order valence-corrected chi connectivity index (χ0v) is 19.9. The number of nitrogens with zero attached hydrogens (tertiary/aromatic N) is 1. The molecule has 0 saturated heterocycles. The monoisotopic (exact) mass is 448 g/mol. The largest absolute Gasteiger partial charge is 0.497 e. The Bertz CT molecular complexity index is 922. The summed E-state index contributed by atoms with van der Waals surface area (Å²) in [6.45, 7) is 2.83. The van der Waals surface area contributed by atoms with Crippen LogP contribution in [0.1, 0.15) is 56.6 Å². The maximum atomic E-state index is 13.4. The molecule has 0 bridgehead atoms. The zero-order valence-electron chi connectivity index (χ0n) is 19.9. The average molecular weight is 449 g/mol. The van der Waals surface area contributed by atoms with Gasteiger partial charge >= 0.3 is 0 Å². The molecule has 1 aliphatic rings. The van der Waals surface area contributed by atoms with Crippen molar-refractivity contribution < 1.29 is 14.3 Å². The predicted molar refractivity (Wildman–Crippen MR) is 132 cm³/mol. The van der Waals surface area contributed by atoms with Crippen LogP contribution < -0.4 is 10.1 Å². The molecule has 0 aliphatic heterocycles. The standard InChI is InChI=1S/C28H36N2O3/c1-3-27(31)30(21-24-14-16-25(33-2)17-15-24)26(20-23-12-8-5-9-13-23)28(32)29-19-18-22-10-6-4-7-11-22/h5,8-10,12-17,26H,3-4,6-7,11,18-21H2,1-2H3,(H,29,32)/t26-/m1/s1. The van der Waals surface area contributed by atoms with Gasteiger partial charge in [-0.2, -0.15) is 0 Å². The average Bonchev–Trinajstić information content (AvgIpc) is 2.87. The molecule has 3 rings (SSSR count). The Morgan fingerprint density at radius 3 is 2.42 bits per heavy atom. The van der Waals surface area contributed by atoms with Gasteiger partial charge in [0, 0.05) is 25.9 Å². The Kier molecular flexibility index (Phi) is 9.55. The minimum atomic E-state index is -0.567. The lowest BCUT2D eigenvalue weighted by Crippen LogP contribution is -2.50. The van der Waals surface area contributed by atoms with Gasteiger partial charge in [0.1, 0.15) is 11.8 Å². The molecule has 2 amide bonds. The molecular formula is C28H36N2O3. The highest BCUT2D eigenvalue weighted by Crippen LogP contribution is 2.20. The molecule has 2 aromatic rings. The molecule has 5 heteroatoms. The second kappa shape index (κ2) is 12.8. The Morgan fingerprint density at radius 1 is 1.03 bits per heavy atom. The number of ether oxygens (including phenoxy) is 1. The number of benzene rings is 2. The first-order valence-electron chi connectivity index (χ1n) is 12.0. The Balaban J connectivity index is 1.77. The quantitative estimate of drug-likeness (QED) is 0.489. The summed E-state index contributed by atoms with van der Waals surface area (Å²) >= 11 is 0. The third-order valence-corrected chi connectivity index (χ3v) is 6.22. The number of carbonyl (C=O) groups is 2. The van der Waals surface area contributed by atoms with E-state index < -0.39 is 6.04 Å². The number of amides is 2. The summed E-state index contributed by atoms with van der Waals surface area (Å²) in [6, 6.07) is 17.0. The van der Waals surface area contributed by atoms with E-state index in [1.165, 1.54) is 18.4 Å². The van der Waals surface area contributed by atoms with E-state index in [1.807, 2.05) is 61.5 Å². The number of hydrogen-bond acceptors (Lipinski definition) is 3. The first kappa shape index (κ1) is 24.6. The lowest BCUT2D eigenvalue weighted by molar-refractivity contribution is -0.141. The van der Waals surface area contributed by atoms with Gasteiger partial charge in [-0.3, -0.25) is 9.59 Å². The van der Waals surface area contributed by atoms with Crippen LogP contribution in [0.4, 0.5) is 0 Å². The molecule has 1 aliphatic carbocycles. The molecule has 0 aromatic heterocycles. The van der Waals surface area contributed by atoms with Crippen LogP contribution in [0.15, 0.2) is 66.2 Å². The number of allylic oxidation sites excluding steroid dienone is 1. The van der Waals surface area contributed by atoms with Crippen molar-refractivity contribution in [1.29, 1.82) is 0 Å². The molecular weight excluding hydrogens is 412 g/mol. The Labute approximate surface area is 197 Å². The molecule has 0 spiro atoms. The van der Waals surface area contributed by atoms with Crippen molar-refractivity contribution in [2.24, 2.45) is 0 Å². The summed E-state index contributed by atoms with van der Waals surface area (Å²) in [6.07, 6.45) is 8.78. The number of methoxy groups -OCH3 is 1. The summed E-state index contributed by atoms with van der Waals surface area (Å²) in [7, 11) is 1.63. The highest BCUT2D eigenvalue weighted by molar-refractivity contribution is 5.88. The summed E-state index contributed by atoms with van der Waals surface area (Å²) in [5.74, 6) is 0.644. The van der Waals surface area contributed by atoms with E-state index in [0.29, 0.717) is 25.9 Å². The Hall–Kier alpha value is -3.08. The normalized spacial score (nSPS) is 14.2. The van der Waals surface area contributed by atoms with Crippen molar-refractivity contribution in [2.45, 2.75) is 64.5 Å². The highest BCUT2D eigenvalue weighted by atomic mass is 16.5. The lowest BCUT2D eigenvalue weighted by Gasteiger charge is -2.31. The topological polar surface area (TPSA) is 58.6 Å². The van der Waals surface area contributed by atoms with Gasteiger partial charge in [-0.1, -0.05) is 61.0 Å². The summed E-state index contributed by atoms with van der Waals surface area (Å²) in [5.41, 5.74) is 3.44. The van der Waals surface area contributed by atoms with E-state index in [1.54, 1.807) is 12.0 Å². The molecule has 0 radical (unpaired) electrons. The van der Waals surface area contributed by atoms with Gasteiger partial charge in [0.25, 0.3) is 0 Å². The van der Waals surface area contributed by atoms with Gasteiger partial charge in [-0.05, 0) is 55.4 Å². The number of nitrogens with one attached hydrogen (secondary N) is 1. The molecule has 0 heterocycles. The van der Waals surface area contributed by atoms with Crippen molar-refractivity contribution in [1.82, 2.24) is 10.2 Å². The van der Waals surface area contributed by atoms with Crippen molar-refractivity contribution in [2.75, 3.05) is 13.7 Å². The highest BCUT2D eigenvalue weighted by Gasteiger charge is 2.29. The van der Waals surface area contributed by atoms with Gasteiger partial charge in [0.05, 0.1) is 7.11 Å². The zero-order chi connectivity index (χ0) is 23.5. The number of rotatable bonds is 11. The molecule has 2 aromatic carbocycles. The van der Waals surface area contributed by atoms with E-state index >= 15 is 0 Å². The fourth-order valence-corrected chi connectivity index (χ4v) is 4.28. The van der Waals surface area contributed by atoms with Crippen LogP contribution in [0.25, 0.3) is 0 Å². The third kappa shape index (κ3) is 7.48. The maximum Gasteiger partial charge on any atom is 0.243 e. The van der Waals surface area contributed by atoms with E-state index in [-0.39, 0.29) is 11.8 Å². The Morgan fingerprint density at radius 2 is 1.79 bits per heavy atom. The van der Waals surface area contributed by atoms with Gasteiger partial charge < -0.3 is 15.0 Å². The van der Waals surface area contributed by atoms with Crippen molar-refractivity contribution in [3.63, 3.8) is 0 Å². The third-order valence-electron chi connectivity index (χ3n) is 6.22. The number of carbonyl (C=O) groups excluding carboxylic acids is 2. The van der Waals surface area contributed by atoms with E-state index in [4.69, 9.17) is 4.74 Å². The fraction of sp³-hybridized carbons (Fsp3) is 0.429. The first-order chi connectivity index (χ1) is 16.1. The SMILES string of the molecule is CCC(=O)N(Cc1ccc(OC)cc1)[C@H](Cc1ccccc1)C(=O)NCCC1=CCCCC1. The lowest BCUT2D eigenvalue weighted by atomic mass is 9.97. The summed E-state index contributed by atoms with van der Waals surface area (Å²) in [5, 5.41) is 3.12. The minimum Gasteiger partial charge on any atom is -0.497 e. The van der Waals surface area contributed by atoms with Crippen LogP contribution in [0.3, 0.4) is 0 Å². The second-order valence-electron chi connectivity index (χ2n) is 8.58. The molecule has 33 heavy (non-hydrogen) atoms. The van der Waals surface area contributed by atoms with Crippen molar-refractivity contribution in [3.05, 3.63) is 77.4 Å². The van der Waals surface area contributed by atoms with E-state index in [2.05, 4.69) is 11.4 Å². The molecule has 5 nitrogen and oxygen atoms in total. The van der Waals surface area contributed by atoms with Crippen LogP contribution in [0, 0.1) is 0 Å². The summed E-state index contributed by atoms with van der Waals surface area (Å²) < 4.78 is 5.25. The van der Waals surface area contributed by atoms with Crippen molar-refractivity contribution >= 4 is 11.8 Å². The van der Waals surface area contributed by atoms with Crippen LogP contribution in [0.5, 0.6) is 5.75 Å². The fourth-order valence-electron chi connectivity index (χ4n) is 4.28. The molecule has 0 fully saturated rings. The van der Waals surface area contributed by atoms with Crippen LogP contribution in [0.2, 0.25) is 0 Å². The van der Waals surface area contributed by atoms with Gasteiger partial charge in [-0.25, -0.2) is 0 Å². The first-order valence-corrected chi connectivity index (χ1v) is 12.0. The predicted octanol–water partition coefficient (Wildman–Crippen LogP) is 5.05. The van der Waals surface area contributed by atoms with Gasteiger partial charge in [-0.15, -0.1) is 0 Å². The van der Waals surface area contributed by atoms with Crippen LogP contribution in [-0.4, -0.2) is 36.4 Å². The van der Waals surface area contributed by atoms with Gasteiger partial charge in [0.2, 0.25) is 11.8 Å². The number of hydrogen-bond donors (Lipinski definition) is 1. The maximum absolute atomic E-state index is 13.4. The van der Waals surface area contributed by atoms with E-state index in [0.717, 1.165) is 36.1 Å². The van der Waals surface area contributed by atoms with E-state index in [9.17, 15) is 9.59 Å². The van der Waals surface area contributed by atoms with Crippen LogP contribution in [-0.2, 0) is 22.6 Å². The summed E-state index contributed by atoms with van der Waals surface area (Å²) in [4.78, 5) is 28.1. The molecule has 1 atom stereocenters. The van der Waals surface area contributed by atoms with Crippen LogP contribution >= 0.6 is 0 Å². The smallest absolute Gasteiger partial charge is 0.243 e. The molecule has 176 valence electrons. The second-order valence-corrected chi connectivity index (χ2v) is 8.58. The van der Waals surface area contributed by atoms with Gasteiger partial charge in [0.15, 0.2) is 0 Å². The van der Waals surface area contributed by atoms with Crippen molar-refractivity contribution in [3.8, 4) is 5.75 Å². The molecule has 0 unspecified atom stereocenters. The molecule has 0 saturated carbocycles. The minimum absolute atomic E-state index is 0.0307.